The van der Waals surface area contributed by atoms with Gasteiger partial charge in [-0.1, -0.05) is 0 Å². The van der Waals surface area contributed by atoms with Gasteiger partial charge in [-0.15, -0.1) is 0 Å². The normalized spacial score (nSPS) is 11.1. The van der Waals surface area contributed by atoms with E-state index in [1.54, 1.807) is 4.90 Å². The molecule has 0 spiro atoms. The number of rotatable bonds is 5. The third-order valence-electron chi connectivity index (χ3n) is 3.16. The van der Waals surface area contributed by atoms with Gasteiger partial charge in [0.2, 0.25) is 5.91 Å². The summed E-state index contributed by atoms with van der Waals surface area (Å²) >= 11 is 0. The summed E-state index contributed by atoms with van der Waals surface area (Å²) in [6.45, 7) is 10.5. The summed E-state index contributed by atoms with van der Waals surface area (Å²) in [5.41, 5.74) is -0.301. The zero-order chi connectivity index (χ0) is 16.9. The smallest absolute Gasteiger partial charge is 0.253 e. The van der Waals surface area contributed by atoms with Gasteiger partial charge in [0, 0.05) is 30.9 Å². The molecule has 0 aliphatic rings. The molecule has 0 aliphatic carbocycles. The number of amides is 2. The lowest BCUT2D eigenvalue weighted by Crippen LogP contribution is -2.41. The number of aromatic nitrogens is 1. The van der Waals surface area contributed by atoms with Crippen LogP contribution in [0, 0.1) is 0 Å². The van der Waals surface area contributed by atoms with Crippen molar-refractivity contribution in [1.82, 2.24) is 14.8 Å². The zero-order valence-corrected chi connectivity index (χ0v) is 14.0. The van der Waals surface area contributed by atoms with Gasteiger partial charge in [-0.3, -0.25) is 14.4 Å². The van der Waals surface area contributed by atoms with Gasteiger partial charge in [0.25, 0.3) is 11.5 Å². The molecule has 0 radical (unpaired) electrons. The van der Waals surface area contributed by atoms with Gasteiger partial charge in [0.1, 0.15) is 6.54 Å². The molecule has 1 aromatic rings. The summed E-state index contributed by atoms with van der Waals surface area (Å²) < 4.78 is 1.28. The van der Waals surface area contributed by atoms with Gasteiger partial charge in [0.05, 0.1) is 5.56 Å². The number of carbonyl (C=O) groups excluding carboxylic acids is 2. The van der Waals surface area contributed by atoms with E-state index in [0.29, 0.717) is 18.7 Å². The molecule has 22 heavy (non-hydrogen) atoms. The molecule has 6 nitrogen and oxygen atoms in total. The molecule has 1 rings (SSSR count). The molecule has 1 heterocycles. The Morgan fingerprint density at radius 2 is 1.77 bits per heavy atom. The molecule has 0 aromatic carbocycles. The van der Waals surface area contributed by atoms with Crippen LogP contribution < -0.4 is 10.9 Å². The number of likely N-dealkylation sites (N-methyl/N-ethyl adjacent to an activating group) is 1. The Kier molecular flexibility index (Phi) is 5.91. The van der Waals surface area contributed by atoms with Crippen molar-refractivity contribution in [3.05, 3.63) is 34.2 Å². The molecular weight excluding hydrogens is 282 g/mol. The first-order valence-electron chi connectivity index (χ1n) is 7.48. The Balaban J connectivity index is 2.98. The van der Waals surface area contributed by atoms with E-state index < -0.39 is 0 Å². The highest BCUT2D eigenvalue weighted by Crippen LogP contribution is 2.04. The average Bonchev–Trinajstić information content (AvgIpc) is 2.40. The van der Waals surface area contributed by atoms with E-state index in [9.17, 15) is 14.4 Å². The Labute approximate surface area is 131 Å². The number of hydrogen-bond donors (Lipinski definition) is 1. The van der Waals surface area contributed by atoms with Crippen molar-refractivity contribution in [1.29, 1.82) is 0 Å². The van der Waals surface area contributed by atoms with Crippen molar-refractivity contribution >= 4 is 11.8 Å². The minimum Gasteiger partial charge on any atom is -0.347 e. The molecule has 0 saturated heterocycles. The maximum absolute atomic E-state index is 12.1. The molecule has 0 bridgehead atoms. The molecule has 0 aliphatic heterocycles. The number of pyridine rings is 1. The van der Waals surface area contributed by atoms with Crippen LogP contribution in [0.15, 0.2) is 23.1 Å². The average molecular weight is 307 g/mol. The third-order valence-corrected chi connectivity index (χ3v) is 3.16. The molecule has 1 aromatic heterocycles. The topological polar surface area (TPSA) is 71.4 Å². The first-order valence-corrected chi connectivity index (χ1v) is 7.48. The van der Waals surface area contributed by atoms with E-state index in [1.807, 2.05) is 34.6 Å². The maximum atomic E-state index is 12.1. The molecule has 2 amide bonds. The van der Waals surface area contributed by atoms with Crippen LogP contribution in [-0.4, -0.2) is 39.9 Å². The predicted octanol–water partition coefficient (Wildman–Crippen LogP) is 1.24. The Hall–Kier alpha value is -2.11. The van der Waals surface area contributed by atoms with Crippen molar-refractivity contribution in [3.8, 4) is 0 Å². The first kappa shape index (κ1) is 17.9. The summed E-state index contributed by atoms with van der Waals surface area (Å²) in [6.07, 6.45) is 1.44. The highest BCUT2D eigenvalue weighted by Gasteiger charge is 2.17. The lowest BCUT2D eigenvalue weighted by molar-refractivity contribution is -0.131. The van der Waals surface area contributed by atoms with E-state index in [0.717, 1.165) is 0 Å². The lowest BCUT2D eigenvalue weighted by Gasteiger charge is -2.21. The van der Waals surface area contributed by atoms with Crippen LogP contribution in [-0.2, 0) is 11.3 Å². The van der Waals surface area contributed by atoms with Gasteiger partial charge >= 0.3 is 0 Å². The van der Waals surface area contributed by atoms with Crippen molar-refractivity contribution < 1.29 is 9.59 Å². The largest absolute Gasteiger partial charge is 0.347 e. The van der Waals surface area contributed by atoms with E-state index in [2.05, 4.69) is 5.32 Å². The first-order chi connectivity index (χ1) is 10.2. The van der Waals surface area contributed by atoms with Crippen molar-refractivity contribution in [2.45, 2.75) is 46.7 Å². The highest BCUT2D eigenvalue weighted by molar-refractivity contribution is 5.94. The summed E-state index contributed by atoms with van der Waals surface area (Å²) in [5, 5.41) is 2.83. The van der Waals surface area contributed by atoms with E-state index in [-0.39, 0.29) is 29.5 Å². The van der Waals surface area contributed by atoms with Crippen molar-refractivity contribution in [2.75, 3.05) is 13.1 Å². The zero-order valence-electron chi connectivity index (χ0n) is 14.0. The number of nitrogens with one attached hydrogen (secondary N) is 1. The fraction of sp³-hybridized carbons (Fsp3) is 0.562. The highest BCUT2D eigenvalue weighted by atomic mass is 16.2. The maximum Gasteiger partial charge on any atom is 0.253 e. The minimum atomic E-state index is -0.366. The lowest BCUT2D eigenvalue weighted by atomic mass is 10.1. The molecule has 0 atom stereocenters. The van der Waals surface area contributed by atoms with Crippen molar-refractivity contribution in [2.24, 2.45) is 0 Å². The molecule has 0 fully saturated rings. The number of nitrogens with zero attached hydrogens (tertiary/aromatic N) is 2. The molecule has 6 heteroatoms. The van der Waals surface area contributed by atoms with E-state index in [4.69, 9.17) is 0 Å². The molecule has 0 saturated carbocycles. The van der Waals surface area contributed by atoms with Crippen molar-refractivity contribution in [3.63, 3.8) is 0 Å². The molecule has 1 N–H and O–H groups in total. The molecule has 0 unspecified atom stereocenters. The second kappa shape index (κ2) is 7.24. The third kappa shape index (κ3) is 5.02. The second-order valence-electron chi connectivity index (χ2n) is 6.15. The van der Waals surface area contributed by atoms with Crippen LogP contribution in [0.1, 0.15) is 45.0 Å². The summed E-state index contributed by atoms with van der Waals surface area (Å²) in [7, 11) is 0. The van der Waals surface area contributed by atoms with E-state index >= 15 is 0 Å². The van der Waals surface area contributed by atoms with Gasteiger partial charge in [0.15, 0.2) is 0 Å². The number of hydrogen-bond acceptors (Lipinski definition) is 3. The van der Waals surface area contributed by atoms with Gasteiger partial charge in [-0.25, -0.2) is 0 Å². The Morgan fingerprint density at radius 3 is 2.27 bits per heavy atom. The van der Waals surface area contributed by atoms with Crippen LogP contribution in [0.4, 0.5) is 0 Å². The molecule has 122 valence electrons. The minimum absolute atomic E-state index is 0.0584. The van der Waals surface area contributed by atoms with Gasteiger partial charge in [-0.05, 0) is 40.7 Å². The number of carbonyl (C=O) groups is 2. The van der Waals surface area contributed by atoms with Crippen LogP contribution in [0.5, 0.6) is 0 Å². The Bertz CT molecular complexity index is 595. The standard InChI is InChI=1S/C16H25N3O3/c1-6-18(7-2)14(21)11-19-10-12(8-9-13(19)20)15(22)17-16(3,4)5/h8-10H,6-7,11H2,1-5H3,(H,17,22). The van der Waals surface area contributed by atoms with Gasteiger partial charge < -0.3 is 14.8 Å². The summed E-state index contributed by atoms with van der Waals surface area (Å²) in [5.74, 6) is -0.406. The van der Waals surface area contributed by atoms with Crippen LogP contribution in [0.25, 0.3) is 0 Å². The fourth-order valence-corrected chi connectivity index (χ4v) is 2.02. The predicted molar refractivity (Wildman–Crippen MR) is 85.8 cm³/mol. The quantitative estimate of drug-likeness (QED) is 0.890. The second-order valence-corrected chi connectivity index (χ2v) is 6.15. The van der Waals surface area contributed by atoms with Crippen LogP contribution >= 0.6 is 0 Å². The molecular formula is C16H25N3O3. The fourth-order valence-electron chi connectivity index (χ4n) is 2.02. The van der Waals surface area contributed by atoms with Gasteiger partial charge in [-0.2, -0.15) is 0 Å². The SMILES string of the molecule is CCN(CC)C(=O)Cn1cc(C(=O)NC(C)(C)C)ccc1=O. The Morgan fingerprint density at radius 1 is 1.18 bits per heavy atom. The van der Waals surface area contributed by atoms with Crippen LogP contribution in [0.3, 0.4) is 0 Å². The summed E-state index contributed by atoms with van der Waals surface area (Å²) in [4.78, 5) is 37.8. The summed E-state index contributed by atoms with van der Waals surface area (Å²) in [6, 6.07) is 2.79. The van der Waals surface area contributed by atoms with Crippen LogP contribution in [0.2, 0.25) is 0 Å². The van der Waals surface area contributed by atoms with E-state index in [1.165, 1.54) is 22.9 Å². The monoisotopic (exact) mass is 307 g/mol.